The zero-order chi connectivity index (χ0) is 20.4. The number of benzene rings is 3. The molecule has 1 aromatic heterocycles. The summed E-state index contributed by atoms with van der Waals surface area (Å²) in [5.74, 6) is 0.621. The highest BCUT2D eigenvalue weighted by molar-refractivity contribution is 6.09. The summed E-state index contributed by atoms with van der Waals surface area (Å²) in [5.41, 5.74) is -0.197. The summed E-state index contributed by atoms with van der Waals surface area (Å²) < 4.78 is 11.5. The van der Waals surface area contributed by atoms with Crippen LogP contribution in [0.3, 0.4) is 0 Å². The molecule has 0 bridgehead atoms. The van der Waals surface area contributed by atoms with Crippen molar-refractivity contribution >= 4 is 27.6 Å². The summed E-state index contributed by atoms with van der Waals surface area (Å²) in [6, 6.07) is 20.7. The fraction of sp³-hybridized carbons (Fsp3) is 0.208. The lowest BCUT2D eigenvalue weighted by Crippen LogP contribution is -2.38. The summed E-state index contributed by atoms with van der Waals surface area (Å²) in [6.45, 7) is 3.95. The predicted octanol–water partition coefficient (Wildman–Crippen LogP) is 4.62. The third-order valence-electron chi connectivity index (χ3n) is 4.97. The Morgan fingerprint density at radius 1 is 1.07 bits per heavy atom. The van der Waals surface area contributed by atoms with E-state index in [1.807, 2.05) is 61.5 Å². The Morgan fingerprint density at radius 2 is 1.79 bits per heavy atom. The van der Waals surface area contributed by atoms with Crippen LogP contribution in [0.5, 0.6) is 5.75 Å². The minimum absolute atomic E-state index is 0.000438. The van der Waals surface area contributed by atoms with E-state index in [1.54, 1.807) is 19.1 Å². The second-order valence-electron chi connectivity index (χ2n) is 7.20. The zero-order valence-corrected chi connectivity index (χ0v) is 16.4. The van der Waals surface area contributed by atoms with E-state index in [0.29, 0.717) is 29.3 Å². The molecule has 0 radical (unpaired) electrons. The van der Waals surface area contributed by atoms with Crippen molar-refractivity contribution in [2.24, 2.45) is 0 Å². The highest BCUT2D eigenvalue weighted by Crippen LogP contribution is 2.30. The van der Waals surface area contributed by atoms with Crippen LogP contribution in [0.4, 0.5) is 0 Å². The van der Waals surface area contributed by atoms with Crippen LogP contribution in [0.2, 0.25) is 0 Å². The Kier molecular flexibility index (Phi) is 4.99. The van der Waals surface area contributed by atoms with Crippen molar-refractivity contribution in [3.63, 3.8) is 0 Å². The van der Waals surface area contributed by atoms with Gasteiger partial charge in [-0.15, -0.1) is 0 Å². The second kappa shape index (κ2) is 7.60. The van der Waals surface area contributed by atoms with Crippen LogP contribution in [-0.4, -0.2) is 24.2 Å². The van der Waals surface area contributed by atoms with E-state index < -0.39 is 5.60 Å². The van der Waals surface area contributed by atoms with Crippen LogP contribution >= 0.6 is 0 Å². The number of carbonyl (C=O) groups excluding carboxylic acids is 1. The number of carbonyl (C=O) groups is 1. The van der Waals surface area contributed by atoms with Crippen molar-refractivity contribution in [1.29, 1.82) is 0 Å². The number of ether oxygens (including phenoxy) is 1. The molecule has 0 aliphatic rings. The number of rotatable bonds is 6. The number of hydrogen-bond donors (Lipinski definition) is 2. The highest BCUT2D eigenvalue weighted by atomic mass is 16.5. The molecule has 2 N–H and O–H groups in total. The van der Waals surface area contributed by atoms with Crippen LogP contribution in [0, 0.1) is 0 Å². The number of furan rings is 1. The van der Waals surface area contributed by atoms with Crippen LogP contribution in [0.15, 0.2) is 71.1 Å². The Hall–Kier alpha value is -3.31. The lowest BCUT2D eigenvalue weighted by molar-refractivity contribution is 0.0344. The summed E-state index contributed by atoms with van der Waals surface area (Å²) in [7, 11) is 0. The van der Waals surface area contributed by atoms with Gasteiger partial charge in [-0.2, -0.15) is 0 Å². The van der Waals surface area contributed by atoms with Crippen molar-refractivity contribution in [2.45, 2.75) is 19.4 Å². The minimum Gasteiger partial charge on any atom is -0.493 e. The van der Waals surface area contributed by atoms with Gasteiger partial charge in [0.1, 0.15) is 22.7 Å². The van der Waals surface area contributed by atoms with Crippen molar-refractivity contribution in [3.8, 4) is 5.75 Å². The first kappa shape index (κ1) is 19.0. The monoisotopic (exact) mass is 389 g/mol. The summed E-state index contributed by atoms with van der Waals surface area (Å²) in [6.07, 6.45) is 0. The molecule has 4 aromatic rings. The quantitative estimate of drug-likeness (QED) is 0.505. The molecule has 1 unspecified atom stereocenters. The molecular formula is C24H23NO4. The SMILES string of the molecule is CCOc1ccc2ccccc2c1C(=O)NCC(C)(O)c1cc2ccccc2o1. The number of hydrogen-bond acceptors (Lipinski definition) is 4. The molecule has 3 aromatic carbocycles. The predicted molar refractivity (Wildman–Crippen MR) is 113 cm³/mol. The maximum atomic E-state index is 13.1. The molecule has 0 aliphatic heterocycles. The lowest BCUT2D eigenvalue weighted by Gasteiger charge is -2.22. The average Bonchev–Trinajstić information content (AvgIpc) is 3.17. The number of nitrogens with one attached hydrogen (secondary N) is 1. The minimum atomic E-state index is -1.36. The average molecular weight is 389 g/mol. The normalized spacial score (nSPS) is 13.3. The van der Waals surface area contributed by atoms with Gasteiger partial charge in [0.15, 0.2) is 0 Å². The third kappa shape index (κ3) is 3.69. The molecule has 4 rings (SSSR count). The summed E-state index contributed by atoms with van der Waals surface area (Å²) in [5, 5.41) is 16.4. The van der Waals surface area contributed by atoms with Gasteiger partial charge < -0.3 is 19.6 Å². The van der Waals surface area contributed by atoms with Crippen molar-refractivity contribution in [3.05, 3.63) is 78.1 Å². The van der Waals surface area contributed by atoms with Gasteiger partial charge >= 0.3 is 0 Å². The molecule has 0 saturated carbocycles. The van der Waals surface area contributed by atoms with Gasteiger partial charge in [-0.05, 0) is 42.8 Å². The number of para-hydroxylation sites is 1. The van der Waals surface area contributed by atoms with Gasteiger partial charge in [-0.3, -0.25) is 4.79 Å². The second-order valence-corrected chi connectivity index (χ2v) is 7.20. The zero-order valence-electron chi connectivity index (χ0n) is 16.4. The van der Waals surface area contributed by atoms with Crippen LogP contribution in [0.25, 0.3) is 21.7 Å². The largest absolute Gasteiger partial charge is 0.493 e. The van der Waals surface area contributed by atoms with E-state index in [4.69, 9.17) is 9.15 Å². The molecule has 29 heavy (non-hydrogen) atoms. The van der Waals surface area contributed by atoms with Crippen LogP contribution in [0.1, 0.15) is 30.0 Å². The van der Waals surface area contributed by atoms with E-state index in [9.17, 15) is 9.90 Å². The maximum Gasteiger partial charge on any atom is 0.255 e. The number of aliphatic hydroxyl groups is 1. The van der Waals surface area contributed by atoms with Crippen LogP contribution < -0.4 is 10.1 Å². The number of fused-ring (bicyclic) bond motifs is 2. The molecule has 148 valence electrons. The standard InChI is InChI=1S/C24H23NO4/c1-3-28-20-13-12-16-8-4-6-10-18(16)22(20)23(26)25-15-24(2,27)21-14-17-9-5-7-11-19(17)29-21/h4-14,27H,3,15H2,1-2H3,(H,25,26). The van der Waals surface area contributed by atoms with Gasteiger partial charge in [0.05, 0.1) is 18.7 Å². The van der Waals surface area contributed by atoms with Crippen molar-refractivity contribution in [2.75, 3.05) is 13.2 Å². The van der Waals surface area contributed by atoms with E-state index in [0.717, 1.165) is 16.2 Å². The van der Waals surface area contributed by atoms with E-state index in [-0.39, 0.29) is 12.5 Å². The molecule has 1 amide bonds. The van der Waals surface area contributed by atoms with Gasteiger partial charge in [0, 0.05) is 5.39 Å². The van der Waals surface area contributed by atoms with E-state index >= 15 is 0 Å². The van der Waals surface area contributed by atoms with E-state index in [2.05, 4.69) is 5.32 Å². The first-order valence-electron chi connectivity index (χ1n) is 9.64. The molecule has 0 spiro atoms. The van der Waals surface area contributed by atoms with Crippen molar-refractivity contribution < 1.29 is 19.1 Å². The lowest BCUT2D eigenvalue weighted by atomic mass is 10.0. The third-order valence-corrected chi connectivity index (χ3v) is 4.97. The van der Waals surface area contributed by atoms with Gasteiger partial charge in [0.2, 0.25) is 0 Å². The summed E-state index contributed by atoms with van der Waals surface area (Å²) in [4.78, 5) is 13.1. The fourth-order valence-electron chi connectivity index (χ4n) is 3.44. The molecule has 0 aliphatic carbocycles. The maximum absolute atomic E-state index is 13.1. The van der Waals surface area contributed by atoms with Crippen LogP contribution in [-0.2, 0) is 5.60 Å². The van der Waals surface area contributed by atoms with Gasteiger partial charge in [0.25, 0.3) is 5.91 Å². The molecule has 1 heterocycles. The molecule has 1 atom stereocenters. The van der Waals surface area contributed by atoms with Gasteiger partial charge in [-0.1, -0.05) is 48.5 Å². The first-order valence-corrected chi connectivity index (χ1v) is 9.64. The van der Waals surface area contributed by atoms with Crippen molar-refractivity contribution in [1.82, 2.24) is 5.32 Å². The summed E-state index contributed by atoms with van der Waals surface area (Å²) >= 11 is 0. The number of amides is 1. The molecule has 0 fully saturated rings. The van der Waals surface area contributed by atoms with E-state index in [1.165, 1.54) is 0 Å². The Balaban J connectivity index is 1.61. The highest BCUT2D eigenvalue weighted by Gasteiger charge is 2.29. The molecule has 5 nitrogen and oxygen atoms in total. The Labute approximate surface area is 168 Å². The molecular weight excluding hydrogens is 366 g/mol. The fourth-order valence-corrected chi connectivity index (χ4v) is 3.44. The smallest absolute Gasteiger partial charge is 0.255 e. The van der Waals surface area contributed by atoms with Gasteiger partial charge in [-0.25, -0.2) is 0 Å². The Bertz CT molecular complexity index is 1140. The molecule has 5 heteroatoms. The topological polar surface area (TPSA) is 71.7 Å². The first-order chi connectivity index (χ1) is 14.0. The molecule has 0 saturated heterocycles. The Morgan fingerprint density at radius 3 is 2.55 bits per heavy atom.